The van der Waals surface area contributed by atoms with Crippen LogP contribution in [0.15, 0.2) is 138 Å². The van der Waals surface area contributed by atoms with E-state index in [1.807, 2.05) is 0 Å². The second-order valence-corrected chi connectivity index (χ2v) is 21.3. The van der Waals surface area contributed by atoms with Crippen LogP contribution >= 0.6 is 23.2 Å². The largest absolute Gasteiger partial charge is 0.737 e. The minimum absolute atomic E-state index is 0.0291. The van der Waals surface area contributed by atoms with Crippen molar-refractivity contribution in [3.63, 3.8) is 0 Å². The number of aryl methyl sites for hydroxylation is 1. The Morgan fingerprint density at radius 3 is 1.56 bits per heavy atom. The molecule has 22 heteroatoms. The quantitative estimate of drug-likeness (QED) is 0.0302. The predicted molar refractivity (Wildman–Crippen MR) is 296 cm³/mol. The highest BCUT2D eigenvalue weighted by atomic mass is 35.5. The van der Waals surface area contributed by atoms with Crippen LogP contribution in [0.25, 0.3) is 48.7 Å². The molecule has 0 saturated carbocycles. The third-order valence-corrected chi connectivity index (χ3v) is 16.1. The van der Waals surface area contributed by atoms with Gasteiger partial charge in [-0.2, -0.15) is 39.5 Å². The number of aromatic nitrogens is 1. The van der Waals surface area contributed by atoms with Gasteiger partial charge < -0.3 is 31.8 Å². The number of halogens is 13. The van der Waals surface area contributed by atoms with E-state index in [1.54, 1.807) is 60.7 Å². The van der Waals surface area contributed by atoms with Crippen molar-refractivity contribution in [3.8, 4) is 5.75 Å². The van der Waals surface area contributed by atoms with Crippen molar-refractivity contribution < 1.29 is 81.2 Å². The van der Waals surface area contributed by atoms with Crippen LogP contribution in [0, 0.1) is 13.8 Å². The number of benzene rings is 8. The molecule has 0 bridgehead atoms. The van der Waals surface area contributed by atoms with Crippen LogP contribution in [-0.2, 0) is 57.2 Å². The van der Waals surface area contributed by atoms with Gasteiger partial charge in [0, 0.05) is 47.7 Å². The van der Waals surface area contributed by atoms with Crippen LogP contribution < -0.4 is 4.74 Å². The lowest BCUT2D eigenvalue weighted by molar-refractivity contribution is -0.363. The summed E-state index contributed by atoms with van der Waals surface area (Å²) < 4.78 is 185. The fourth-order valence-electron chi connectivity index (χ4n) is 12.1. The zero-order valence-corrected chi connectivity index (χ0v) is 45.9. The molecule has 0 saturated heterocycles. The molecule has 84 heavy (non-hydrogen) atoms. The molecule has 430 valence electrons. The molecule has 2 aliphatic heterocycles. The fraction of sp³-hybridized carbons (Fsp3) is 0.194. The van der Waals surface area contributed by atoms with Crippen molar-refractivity contribution in [2.45, 2.75) is 78.7 Å². The first-order valence-electron chi connectivity index (χ1n) is 26.0. The van der Waals surface area contributed by atoms with Crippen LogP contribution in [0.1, 0.15) is 92.9 Å². The first-order valence-corrected chi connectivity index (χ1v) is 26.7. The Kier molecular flexibility index (Phi) is 14.3. The molecule has 0 unspecified atom stereocenters. The average molecular weight is 1200 g/mol. The third kappa shape index (κ3) is 9.60. The molecule has 0 spiro atoms. The highest BCUT2D eigenvalue weighted by Crippen LogP contribution is 2.53. The van der Waals surface area contributed by atoms with E-state index in [2.05, 4.69) is 0 Å². The van der Waals surface area contributed by atoms with Crippen LogP contribution in [0.4, 0.5) is 48.1 Å². The Labute approximate surface area is 480 Å². The molecular formula is C62H42BCl2F11N2O6. The van der Waals surface area contributed by atoms with Gasteiger partial charge in [-0.25, -0.2) is 9.59 Å². The summed E-state index contributed by atoms with van der Waals surface area (Å²) in [6.45, 7) is 0.292. The van der Waals surface area contributed by atoms with E-state index in [-0.39, 0.29) is 136 Å². The molecule has 0 amide bonds. The summed E-state index contributed by atoms with van der Waals surface area (Å²) in [4.78, 5) is 41.6. The molecule has 0 radical (unpaired) electrons. The minimum atomic E-state index is -5.22. The number of nitrogens with zero attached hydrogens (tertiary/aromatic N) is 2. The Bertz CT molecular complexity index is 4290. The monoisotopic (exact) mass is 1200 g/mol. The molecule has 8 aromatic carbocycles. The minimum Gasteiger partial charge on any atom is -0.457 e. The van der Waals surface area contributed by atoms with Gasteiger partial charge in [0.1, 0.15) is 30.2 Å². The van der Waals surface area contributed by atoms with E-state index >= 15 is 8.63 Å². The third-order valence-electron chi connectivity index (χ3n) is 15.5. The fourth-order valence-corrected chi connectivity index (χ4v) is 12.8. The molecule has 0 atom stereocenters. The van der Waals surface area contributed by atoms with Gasteiger partial charge in [-0.15, -0.1) is 0 Å². The van der Waals surface area contributed by atoms with Gasteiger partial charge in [0.25, 0.3) is 0 Å². The Morgan fingerprint density at radius 2 is 1.06 bits per heavy atom. The van der Waals surface area contributed by atoms with Crippen LogP contribution in [-0.4, -0.2) is 39.6 Å². The van der Waals surface area contributed by atoms with Gasteiger partial charge >= 0.3 is 43.4 Å². The predicted octanol–water partition coefficient (Wildman–Crippen LogP) is 17.3. The first-order chi connectivity index (χ1) is 39.6. The number of hydrogen-bond donors (Lipinski definition) is 0. The highest BCUT2D eigenvalue weighted by Gasteiger charge is 2.59. The van der Waals surface area contributed by atoms with Crippen molar-refractivity contribution in [1.29, 1.82) is 0 Å². The molecule has 1 aromatic heterocycles. The van der Waals surface area contributed by atoms with Crippen LogP contribution in [0.3, 0.4) is 0 Å². The van der Waals surface area contributed by atoms with E-state index < -0.39 is 77.3 Å². The maximum Gasteiger partial charge on any atom is 0.737 e. The summed E-state index contributed by atoms with van der Waals surface area (Å²) in [6, 6.07) is 27.0. The molecule has 0 fully saturated rings. The number of hydrogen-bond acceptors (Lipinski definition) is 6. The smallest absolute Gasteiger partial charge is 0.457 e. The summed E-state index contributed by atoms with van der Waals surface area (Å²) in [6.07, 6.45) is -16.2. The zero-order chi connectivity index (χ0) is 60.3. The maximum atomic E-state index is 17.7. The lowest BCUT2D eigenvalue weighted by atomic mass is 9.83. The summed E-state index contributed by atoms with van der Waals surface area (Å²) >= 11 is 14.2. The molecule has 8 nitrogen and oxygen atoms in total. The number of fused-ring (bicyclic) bond motifs is 4. The van der Waals surface area contributed by atoms with Crippen molar-refractivity contribution in [2.24, 2.45) is 0 Å². The van der Waals surface area contributed by atoms with Crippen molar-refractivity contribution in [3.05, 3.63) is 210 Å². The topological polar surface area (TPSA) is 86.8 Å². The van der Waals surface area contributed by atoms with Crippen molar-refractivity contribution in [2.75, 3.05) is 0 Å². The Morgan fingerprint density at radius 1 is 0.595 bits per heavy atom. The summed E-state index contributed by atoms with van der Waals surface area (Å²) in [5.74, 6) is -2.96. The van der Waals surface area contributed by atoms with Gasteiger partial charge in [0.2, 0.25) is 0 Å². The number of carbonyl (C=O) groups is 3. The summed E-state index contributed by atoms with van der Waals surface area (Å²) in [5.41, 5.74) is -3.97. The number of rotatable bonds is 12. The Balaban J connectivity index is 0.941. The summed E-state index contributed by atoms with van der Waals surface area (Å²) in [7, 11) is 0. The van der Waals surface area contributed by atoms with E-state index in [0.717, 1.165) is 24.3 Å². The van der Waals surface area contributed by atoms with Gasteiger partial charge in [0.05, 0.1) is 37.9 Å². The SMILES string of the molecule is CC1=C(C(=O)OCc2ccccc2)C(C)=[N+]2C1=C(c1c(Cl)cc(OC(=O)CCCc3ccc4c5ccc(C(F)(F)F)c6c(C(F)(F)F)ccc(c7ccc(C(F)(F)F)c3c47)c65)cc1Cl)c1c(C)c(C(=O)OCc3ccccc3)c(C)n1[B-]2(F)F. The molecule has 0 N–H and O–H groups in total. The number of carbonyl (C=O) groups excluding carboxylic acids is 3. The molecule has 0 aliphatic carbocycles. The molecule has 2 aliphatic rings. The van der Waals surface area contributed by atoms with Gasteiger partial charge in [-0.05, 0) is 117 Å². The summed E-state index contributed by atoms with van der Waals surface area (Å²) in [5, 5.41) is -2.79. The highest BCUT2D eigenvalue weighted by molar-refractivity contribution is 6.59. The molecule has 11 rings (SSSR count). The lowest BCUT2D eigenvalue weighted by Crippen LogP contribution is -2.51. The number of allylic oxidation sites excluding steroid dienone is 1. The normalized spacial score (nSPS) is 14.6. The molecular weight excluding hydrogens is 1160 g/mol. The van der Waals surface area contributed by atoms with E-state index in [1.165, 1.54) is 52.0 Å². The van der Waals surface area contributed by atoms with E-state index in [4.69, 9.17) is 37.4 Å². The van der Waals surface area contributed by atoms with Crippen molar-refractivity contribution in [1.82, 2.24) is 4.48 Å². The average Bonchev–Trinajstić information content (AvgIpc) is 1.30. The molecule has 9 aromatic rings. The van der Waals surface area contributed by atoms with E-state index in [9.17, 15) is 53.9 Å². The van der Waals surface area contributed by atoms with Crippen LogP contribution in [0.5, 0.6) is 5.75 Å². The van der Waals surface area contributed by atoms with Crippen molar-refractivity contribution >= 4 is 102 Å². The van der Waals surface area contributed by atoms with E-state index in [0.29, 0.717) is 32.2 Å². The second kappa shape index (κ2) is 20.8. The molecule has 3 heterocycles. The lowest BCUT2D eigenvalue weighted by Gasteiger charge is -2.34. The van der Waals surface area contributed by atoms with Gasteiger partial charge in [-0.3, -0.25) is 4.79 Å². The second-order valence-electron chi connectivity index (χ2n) is 20.5. The maximum absolute atomic E-state index is 17.7. The number of esters is 3. The standard InChI is InChI=1S/C62H42BCl2F11N2O6/c1-30-48(58(80)82-28-34-12-7-5-8-13-34)32(3)77-56(30)55(57-31(2)49(33(4)78(57)63(77,75)76)59(81)83-29-35-14-9-6-10-15-35)54-45(64)26-37(27-46(54)65)84-47(79)17-11-16-36-18-19-38-40-21-24-43(61(69,70)71)53-44(62(72,73)74)25-22-41(52(40)53)39-20-23-42(60(66,67)68)50(36)51(38)39/h5-10,12-15,18-27H,11,16-17,28-29H2,1-4H3. The van der Waals surface area contributed by atoms with Crippen LogP contribution in [0.2, 0.25) is 10.0 Å². The Hall–Kier alpha value is -8.23. The first kappa shape index (κ1) is 57.6. The number of alkyl halides is 9. The van der Waals surface area contributed by atoms with Gasteiger partial charge in [-0.1, -0.05) is 114 Å². The van der Waals surface area contributed by atoms with Gasteiger partial charge in [0.15, 0.2) is 5.70 Å². The number of ether oxygens (including phenoxy) is 3. The zero-order valence-electron chi connectivity index (χ0n) is 44.4.